The highest BCUT2D eigenvalue weighted by Gasteiger charge is 2.32. The van der Waals surface area contributed by atoms with Crippen LogP contribution in [0.1, 0.15) is 26.2 Å². The first kappa shape index (κ1) is 20.5. The fraction of sp³-hybridized carbons (Fsp3) is 0.688. The summed E-state index contributed by atoms with van der Waals surface area (Å²) >= 11 is 1.71. The molecule has 0 saturated heterocycles. The van der Waals surface area contributed by atoms with Gasteiger partial charge in [0.05, 0.1) is 0 Å². The molecule has 0 radical (unpaired) electrons. The normalized spacial score (nSPS) is 12.4. The van der Waals surface area contributed by atoms with Crippen molar-refractivity contribution in [2.24, 2.45) is 0 Å². The highest BCUT2D eigenvalue weighted by molar-refractivity contribution is 7.99. The Bertz CT molecular complexity index is 484. The highest BCUT2D eigenvalue weighted by Crippen LogP contribution is 2.26. The van der Waals surface area contributed by atoms with Crippen LogP contribution in [0.3, 0.4) is 0 Å². The largest absolute Gasteiger partial charge is 0.455 e. The number of hydrogen-bond acceptors (Lipinski definition) is 5. The lowest BCUT2D eigenvalue weighted by Crippen LogP contribution is -2.44. The average Bonchev–Trinajstić information content (AvgIpc) is 2.43. The molecule has 0 amide bonds. The summed E-state index contributed by atoms with van der Waals surface area (Å²) in [5.41, 5.74) is 0. The molecule has 0 spiro atoms. The summed E-state index contributed by atoms with van der Waals surface area (Å²) in [6, 6.07) is 4.09. The molecule has 1 aromatic heterocycles. The Balaban J connectivity index is 2.32. The molecule has 0 atom stereocenters. The monoisotopic (exact) mass is 370 g/mol. The Morgan fingerprint density at radius 3 is 2.30 bits per heavy atom. The van der Waals surface area contributed by atoms with Gasteiger partial charge in [-0.1, -0.05) is 18.2 Å². The van der Waals surface area contributed by atoms with Gasteiger partial charge in [-0.05, 0) is 57.7 Å². The van der Waals surface area contributed by atoms with E-state index in [9.17, 15) is 4.79 Å². The Morgan fingerprint density at radius 1 is 1.09 bits per heavy atom. The van der Waals surface area contributed by atoms with Gasteiger partial charge in [-0.15, -0.1) is 0 Å². The van der Waals surface area contributed by atoms with Gasteiger partial charge in [0.1, 0.15) is 5.78 Å². The van der Waals surface area contributed by atoms with Crippen LogP contribution < -0.4 is 0 Å². The maximum atomic E-state index is 11.0. The van der Waals surface area contributed by atoms with Crippen molar-refractivity contribution in [3.05, 3.63) is 18.5 Å². The molecule has 0 N–H and O–H groups in total. The van der Waals surface area contributed by atoms with Gasteiger partial charge < -0.3 is 8.91 Å². The fourth-order valence-corrected chi connectivity index (χ4v) is 13.3. The van der Waals surface area contributed by atoms with Crippen molar-refractivity contribution in [1.82, 2.24) is 9.97 Å². The fourth-order valence-electron chi connectivity index (χ4n) is 2.52. The minimum atomic E-state index is -1.66. The van der Waals surface area contributed by atoms with E-state index in [2.05, 4.69) is 36.2 Å². The van der Waals surface area contributed by atoms with E-state index in [0.717, 1.165) is 35.8 Å². The van der Waals surface area contributed by atoms with Crippen LogP contribution in [0.4, 0.5) is 0 Å². The number of nitrogens with zero attached hydrogens (tertiary/aromatic N) is 2. The van der Waals surface area contributed by atoms with E-state index >= 15 is 0 Å². The standard InChI is InChI=1S/C16H30N2O2SSi2/c1-15(19)9-6-7-13-22(2,3)20-23(4,5)14-12-21-16-17-10-8-11-18-16/h8,10-11H,6-7,9,12-14H2,1-5H3. The van der Waals surface area contributed by atoms with Crippen LogP contribution in [-0.4, -0.2) is 38.1 Å². The van der Waals surface area contributed by atoms with Crippen LogP contribution in [0.2, 0.25) is 38.3 Å². The number of Topliss-reactive ketones (excluding diaryl/α,β-unsaturated/α-hetero) is 1. The Hall–Kier alpha value is -0.506. The van der Waals surface area contributed by atoms with Crippen LogP contribution >= 0.6 is 11.8 Å². The van der Waals surface area contributed by atoms with E-state index in [4.69, 9.17) is 4.12 Å². The number of aromatic nitrogens is 2. The number of rotatable bonds is 11. The second kappa shape index (κ2) is 9.71. The molecule has 1 rings (SSSR count). The van der Waals surface area contributed by atoms with Crippen molar-refractivity contribution in [3.63, 3.8) is 0 Å². The molecular formula is C16H30N2O2SSi2. The third-order valence-corrected chi connectivity index (χ3v) is 12.3. The van der Waals surface area contributed by atoms with Crippen molar-refractivity contribution >= 4 is 34.2 Å². The Morgan fingerprint density at radius 2 is 1.70 bits per heavy atom. The van der Waals surface area contributed by atoms with Crippen molar-refractivity contribution in [3.8, 4) is 0 Å². The zero-order valence-corrected chi connectivity index (χ0v) is 17.9. The lowest BCUT2D eigenvalue weighted by atomic mass is 10.2. The van der Waals surface area contributed by atoms with Crippen LogP contribution in [0, 0.1) is 0 Å². The third kappa shape index (κ3) is 10.1. The summed E-state index contributed by atoms with van der Waals surface area (Å²) < 4.78 is 6.61. The molecule has 1 heterocycles. The van der Waals surface area contributed by atoms with E-state index in [1.807, 2.05) is 6.07 Å². The number of thioether (sulfide) groups is 1. The third-order valence-electron chi connectivity index (χ3n) is 3.59. The quantitative estimate of drug-likeness (QED) is 0.243. The zero-order valence-electron chi connectivity index (χ0n) is 15.1. The molecule has 0 aliphatic heterocycles. The smallest absolute Gasteiger partial charge is 0.187 e. The van der Waals surface area contributed by atoms with Crippen molar-refractivity contribution in [1.29, 1.82) is 0 Å². The molecule has 0 aliphatic rings. The van der Waals surface area contributed by atoms with Crippen molar-refractivity contribution in [2.45, 2.75) is 69.6 Å². The maximum Gasteiger partial charge on any atom is 0.187 e. The van der Waals surface area contributed by atoms with Crippen LogP contribution in [0.15, 0.2) is 23.6 Å². The Kier molecular flexibility index (Phi) is 8.67. The van der Waals surface area contributed by atoms with Crippen molar-refractivity contribution < 1.29 is 8.91 Å². The number of ketones is 1. The van der Waals surface area contributed by atoms with Crippen LogP contribution in [0.5, 0.6) is 0 Å². The molecule has 1 aromatic rings. The molecule has 23 heavy (non-hydrogen) atoms. The summed E-state index contributed by atoms with van der Waals surface area (Å²) in [5.74, 6) is 1.30. The van der Waals surface area contributed by atoms with Crippen LogP contribution in [-0.2, 0) is 8.91 Å². The molecule has 0 saturated carbocycles. The molecule has 0 aliphatic carbocycles. The predicted molar refractivity (Wildman–Crippen MR) is 103 cm³/mol. The summed E-state index contributed by atoms with van der Waals surface area (Å²) in [7, 11) is -3.29. The average molecular weight is 371 g/mol. The van der Waals surface area contributed by atoms with Gasteiger partial charge in [0.15, 0.2) is 21.8 Å². The van der Waals surface area contributed by atoms with E-state index < -0.39 is 16.6 Å². The van der Waals surface area contributed by atoms with Gasteiger partial charge in [0.2, 0.25) is 0 Å². The molecule has 7 heteroatoms. The molecular weight excluding hydrogens is 340 g/mol. The highest BCUT2D eigenvalue weighted by atomic mass is 32.2. The number of hydrogen-bond donors (Lipinski definition) is 0. The second-order valence-corrected chi connectivity index (χ2v) is 17.1. The zero-order chi connectivity index (χ0) is 17.3. The molecule has 0 unspecified atom stereocenters. The lowest BCUT2D eigenvalue weighted by molar-refractivity contribution is -0.117. The summed E-state index contributed by atoms with van der Waals surface area (Å²) in [4.78, 5) is 19.5. The number of carbonyl (C=O) groups excluding carboxylic acids is 1. The summed E-state index contributed by atoms with van der Waals surface area (Å²) in [6.07, 6.45) is 6.38. The first-order valence-corrected chi connectivity index (χ1v) is 15.5. The number of carbonyl (C=O) groups is 1. The minimum Gasteiger partial charge on any atom is -0.455 e. The molecule has 4 nitrogen and oxygen atoms in total. The maximum absolute atomic E-state index is 11.0. The SMILES string of the molecule is CC(=O)CCCC[Si](C)(C)O[Si](C)(C)CCSc1ncccn1. The second-order valence-electron chi connectivity index (χ2n) is 7.16. The van der Waals surface area contributed by atoms with Gasteiger partial charge in [0, 0.05) is 24.6 Å². The Labute approximate surface area is 147 Å². The van der Waals surface area contributed by atoms with E-state index in [1.165, 1.54) is 0 Å². The first-order chi connectivity index (χ1) is 10.7. The number of unbranched alkanes of at least 4 members (excludes halogenated alkanes) is 1. The van der Waals surface area contributed by atoms with Crippen molar-refractivity contribution in [2.75, 3.05) is 5.75 Å². The van der Waals surface area contributed by atoms with E-state index in [0.29, 0.717) is 12.2 Å². The van der Waals surface area contributed by atoms with Gasteiger partial charge >= 0.3 is 0 Å². The topological polar surface area (TPSA) is 52.1 Å². The summed E-state index contributed by atoms with van der Waals surface area (Å²) in [5, 5.41) is 0.845. The molecule has 0 bridgehead atoms. The predicted octanol–water partition coefficient (Wildman–Crippen LogP) is 4.75. The minimum absolute atomic E-state index is 0.292. The first-order valence-electron chi connectivity index (χ1n) is 8.30. The summed E-state index contributed by atoms with van der Waals surface area (Å²) in [6.45, 7) is 10.9. The lowest BCUT2D eigenvalue weighted by Gasteiger charge is -2.34. The van der Waals surface area contributed by atoms with E-state index in [-0.39, 0.29) is 0 Å². The van der Waals surface area contributed by atoms with Gasteiger partial charge in [-0.25, -0.2) is 9.97 Å². The molecule has 0 fully saturated rings. The molecule has 0 aromatic carbocycles. The van der Waals surface area contributed by atoms with Gasteiger partial charge in [-0.3, -0.25) is 0 Å². The van der Waals surface area contributed by atoms with Gasteiger partial charge in [0.25, 0.3) is 0 Å². The van der Waals surface area contributed by atoms with Gasteiger partial charge in [-0.2, -0.15) is 0 Å². The van der Waals surface area contributed by atoms with E-state index in [1.54, 1.807) is 31.1 Å². The van der Waals surface area contributed by atoms with Crippen LogP contribution in [0.25, 0.3) is 0 Å². The molecule has 130 valence electrons.